The number of aromatic nitrogens is 1. The molecule has 0 aromatic carbocycles. The van der Waals surface area contributed by atoms with E-state index in [1.54, 1.807) is 6.20 Å². The van der Waals surface area contributed by atoms with Crippen LogP contribution in [0.25, 0.3) is 0 Å². The van der Waals surface area contributed by atoms with Crippen LogP contribution in [0.2, 0.25) is 0 Å². The second-order valence-corrected chi connectivity index (χ2v) is 5.01. The maximum atomic E-state index is 5.83. The summed E-state index contributed by atoms with van der Waals surface area (Å²) in [7, 11) is 2.10. The van der Waals surface area contributed by atoms with E-state index in [4.69, 9.17) is 5.73 Å². The van der Waals surface area contributed by atoms with Crippen LogP contribution in [-0.2, 0) is 0 Å². The van der Waals surface area contributed by atoms with Crippen LogP contribution < -0.4 is 11.1 Å². The molecule has 5 heteroatoms. The van der Waals surface area contributed by atoms with E-state index in [2.05, 4.69) is 52.0 Å². The zero-order valence-corrected chi connectivity index (χ0v) is 11.6. The third-order valence-corrected chi connectivity index (χ3v) is 2.96. The lowest BCUT2D eigenvalue weighted by Gasteiger charge is -2.21. The lowest BCUT2D eigenvalue weighted by atomic mass is 10.3. The Morgan fingerprint density at radius 3 is 2.81 bits per heavy atom. The second kappa shape index (κ2) is 6.06. The van der Waals surface area contributed by atoms with Gasteiger partial charge in [-0.1, -0.05) is 0 Å². The third-order valence-electron chi connectivity index (χ3n) is 2.52. The Bertz CT molecular complexity index is 341. The minimum Gasteiger partial charge on any atom is -0.396 e. The Hall–Kier alpha value is -0.810. The van der Waals surface area contributed by atoms with Gasteiger partial charge in [-0.15, -0.1) is 0 Å². The first kappa shape index (κ1) is 13.3. The van der Waals surface area contributed by atoms with Crippen molar-refractivity contribution in [2.45, 2.75) is 19.9 Å². The molecule has 1 aromatic rings. The highest BCUT2D eigenvalue weighted by Crippen LogP contribution is 2.19. The van der Waals surface area contributed by atoms with Gasteiger partial charge >= 0.3 is 0 Å². The molecule has 0 radical (unpaired) electrons. The number of pyridine rings is 1. The summed E-state index contributed by atoms with van der Waals surface area (Å²) < 4.78 is 0.898. The number of likely N-dealkylation sites (N-methyl/N-ethyl adjacent to an activating group) is 1. The van der Waals surface area contributed by atoms with E-state index in [0.717, 1.165) is 23.4 Å². The number of hydrogen-bond acceptors (Lipinski definition) is 4. The van der Waals surface area contributed by atoms with Crippen LogP contribution in [0.4, 0.5) is 11.5 Å². The number of anilines is 2. The minimum atomic E-state index is 0.553. The van der Waals surface area contributed by atoms with E-state index in [1.807, 2.05) is 6.07 Å². The summed E-state index contributed by atoms with van der Waals surface area (Å²) in [5.74, 6) is 0.750. The smallest absolute Gasteiger partial charge is 0.149 e. The van der Waals surface area contributed by atoms with Crippen molar-refractivity contribution in [3.05, 3.63) is 16.7 Å². The van der Waals surface area contributed by atoms with Gasteiger partial charge in [0.05, 0.1) is 5.69 Å². The quantitative estimate of drug-likeness (QED) is 0.871. The molecule has 0 fully saturated rings. The Morgan fingerprint density at radius 2 is 2.25 bits per heavy atom. The van der Waals surface area contributed by atoms with Crippen LogP contribution in [0.15, 0.2) is 16.7 Å². The average molecular weight is 287 g/mol. The van der Waals surface area contributed by atoms with Crippen molar-refractivity contribution in [3.63, 3.8) is 0 Å². The Labute approximate surface area is 105 Å². The third kappa shape index (κ3) is 3.98. The van der Waals surface area contributed by atoms with Gasteiger partial charge in [-0.05, 0) is 42.9 Å². The first-order valence-corrected chi connectivity index (χ1v) is 6.15. The van der Waals surface area contributed by atoms with E-state index in [-0.39, 0.29) is 0 Å². The molecule has 0 saturated heterocycles. The van der Waals surface area contributed by atoms with Crippen molar-refractivity contribution < 1.29 is 0 Å². The van der Waals surface area contributed by atoms with Crippen molar-refractivity contribution >= 4 is 27.4 Å². The highest BCUT2D eigenvalue weighted by molar-refractivity contribution is 9.10. The molecule has 0 atom stereocenters. The molecular weight excluding hydrogens is 268 g/mol. The van der Waals surface area contributed by atoms with Gasteiger partial charge in [-0.25, -0.2) is 4.98 Å². The summed E-state index contributed by atoms with van der Waals surface area (Å²) in [6.45, 7) is 6.15. The highest BCUT2D eigenvalue weighted by atomic mass is 79.9. The lowest BCUT2D eigenvalue weighted by molar-refractivity contribution is 0.284. The van der Waals surface area contributed by atoms with Gasteiger partial charge in [-0.3, -0.25) is 0 Å². The van der Waals surface area contributed by atoms with Crippen molar-refractivity contribution in [2.24, 2.45) is 0 Å². The van der Waals surface area contributed by atoms with Crippen LogP contribution in [0, 0.1) is 0 Å². The van der Waals surface area contributed by atoms with E-state index in [0.29, 0.717) is 11.7 Å². The molecule has 0 bridgehead atoms. The molecule has 0 saturated carbocycles. The average Bonchev–Trinajstić information content (AvgIpc) is 2.20. The normalized spacial score (nSPS) is 11.1. The molecule has 16 heavy (non-hydrogen) atoms. The Kier molecular flexibility index (Phi) is 5.02. The summed E-state index contributed by atoms with van der Waals surface area (Å²) in [4.78, 5) is 6.48. The highest BCUT2D eigenvalue weighted by Gasteiger charge is 2.04. The van der Waals surface area contributed by atoms with Crippen LogP contribution in [-0.4, -0.2) is 36.1 Å². The molecule has 90 valence electrons. The predicted octanol–water partition coefficient (Wildman–Crippen LogP) is 2.18. The van der Waals surface area contributed by atoms with Gasteiger partial charge < -0.3 is 16.0 Å². The number of nitrogens with zero attached hydrogens (tertiary/aromatic N) is 2. The summed E-state index contributed by atoms with van der Waals surface area (Å²) in [5.41, 5.74) is 6.50. The summed E-state index contributed by atoms with van der Waals surface area (Å²) in [6, 6.07) is 2.40. The monoisotopic (exact) mass is 286 g/mol. The van der Waals surface area contributed by atoms with Crippen molar-refractivity contribution in [3.8, 4) is 0 Å². The molecule has 0 aliphatic carbocycles. The number of nitrogens with two attached hydrogens (primary N) is 1. The fraction of sp³-hybridized carbons (Fsp3) is 0.545. The molecule has 0 amide bonds. The first-order chi connectivity index (χ1) is 7.50. The number of nitrogens with one attached hydrogen (secondary N) is 1. The van der Waals surface area contributed by atoms with Gasteiger partial charge in [0, 0.05) is 29.8 Å². The topological polar surface area (TPSA) is 54.2 Å². The van der Waals surface area contributed by atoms with E-state index in [9.17, 15) is 0 Å². The lowest BCUT2D eigenvalue weighted by Crippen LogP contribution is -2.31. The standard InChI is InChI=1S/C11H19BrN4/c1-8(2)16(3)5-4-14-11-10(13)6-9(12)7-15-11/h6-8H,4-5,13H2,1-3H3,(H,14,15). The second-order valence-electron chi connectivity index (χ2n) is 4.09. The van der Waals surface area contributed by atoms with E-state index in [1.165, 1.54) is 0 Å². The number of rotatable bonds is 5. The molecule has 3 N–H and O–H groups in total. The van der Waals surface area contributed by atoms with Crippen LogP contribution in [0.3, 0.4) is 0 Å². The fourth-order valence-corrected chi connectivity index (χ4v) is 1.56. The zero-order chi connectivity index (χ0) is 12.1. The molecule has 4 nitrogen and oxygen atoms in total. The molecule has 0 aliphatic rings. The SMILES string of the molecule is CC(C)N(C)CCNc1ncc(Br)cc1N. The summed E-state index contributed by atoms with van der Waals surface area (Å²) >= 11 is 3.33. The van der Waals surface area contributed by atoms with Gasteiger partial charge in [-0.2, -0.15) is 0 Å². The maximum absolute atomic E-state index is 5.83. The van der Waals surface area contributed by atoms with Crippen molar-refractivity contribution in [2.75, 3.05) is 31.2 Å². The summed E-state index contributed by atoms with van der Waals surface area (Å²) in [6.07, 6.45) is 1.74. The molecular formula is C11H19BrN4. The van der Waals surface area contributed by atoms with Gasteiger partial charge in [0.15, 0.2) is 0 Å². The van der Waals surface area contributed by atoms with E-state index < -0.39 is 0 Å². The van der Waals surface area contributed by atoms with E-state index >= 15 is 0 Å². The van der Waals surface area contributed by atoms with Crippen LogP contribution in [0.5, 0.6) is 0 Å². The van der Waals surface area contributed by atoms with Gasteiger partial charge in [0.1, 0.15) is 5.82 Å². The van der Waals surface area contributed by atoms with Crippen LogP contribution in [0.1, 0.15) is 13.8 Å². The zero-order valence-electron chi connectivity index (χ0n) is 10.00. The fourth-order valence-electron chi connectivity index (χ4n) is 1.21. The predicted molar refractivity (Wildman–Crippen MR) is 72.6 cm³/mol. The first-order valence-electron chi connectivity index (χ1n) is 5.36. The summed E-state index contributed by atoms with van der Waals surface area (Å²) in [5, 5.41) is 3.23. The van der Waals surface area contributed by atoms with Crippen LogP contribution >= 0.6 is 15.9 Å². The Morgan fingerprint density at radius 1 is 1.56 bits per heavy atom. The molecule has 1 aromatic heterocycles. The number of nitrogen functional groups attached to an aromatic ring is 1. The minimum absolute atomic E-state index is 0.553. The van der Waals surface area contributed by atoms with Gasteiger partial charge in [0.2, 0.25) is 0 Å². The molecule has 0 aliphatic heterocycles. The molecule has 0 unspecified atom stereocenters. The maximum Gasteiger partial charge on any atom is 0.149 e. The largest absolute Gasteiger partial charge is 0.396 e. The Balaban J connectivity index is 2.43. The molecule has 1 heterocycles. The number of halogens is 1. The van der Waals surface area contributed by atoms with Crippen molar-refractivity contribution in [1.82, 2.24) is 9.88 Å². The molecule has 0 spiro atoms. The number of hydrogen-bond donors (Lipinski definition) is 2. The molecule has 1 rings (SSSR count). The van der Waals surface area contributed by atoms with Crippen molar-refractivity contribution in [1.29, 1.82) is 0 Å². The van der Waals surface area contributed by atoms with Gasteiger partial charge in [0.25, 0.3) is 0 Å².